The molecule has 5 heterocycles. The first-order chi connectivity index (χ1) is 36.2. The summed E-state index contributed by atoms with van der Waals surface area (Å²) in [5, 5.41) is 19.3. The number of hydrogen-bond acceptors (Lipinski definition) is 12. The van der Waals surface area contributed by atoms with E-state index in [-0.39, 0.29) is 58.3 Å². The number of rotatable bonds is 12. The van der Waals surface area contributed by atoms with Crippen molar-refractivity contribution in [3.8, 4) is 0 Å². The van der Waals surface area contributed by atoms with Crippen molar-refractivity contribution in [1.82, 2.24) is 51.5 Å². The Hall–Kier alpha value is -4.34. The van der Waals surface area contributed by atoms with Crippen LogP contribution in [0.3, 0.4) is 0 Å². The van der Waals surface area contributed by atoms with Crippen molar-refractivity contribution in [3.63, 3.8) is 0 Å². The predicted octanol–water partition coefficient (Wildman–Crippen LogP) is 4.46. The van der Waals surface area contributed by atoms with Gasteiger partial charge < -0.3 is 51.5 Å². The Morgan fingerprint density at radius 1 is 0.579 bits per heavy atom. The molecule has 2 aliphatic carbocycles. The third kappa shape index (κ3) is 11.1. The van der Waals surface area contributed by atoms with Gasteiger partial charge in [0.05, 0.1) is 56.7 Å². The van der Waals surface area contributed by atoms with Crippen LogP contribution in [0.1, 0.15) is 114 Å². The fourth-order valence-corrected chi connectivity index (χ4v) is 16.7. The molecule has 2 aromatic rings. The summed E-state index contributed by atoms with van der Waals surface area (Å²) in [6, 6.07) is 11.8. The Labute approximate surface area is 468 Å². The number of aryl methyl sites for hydroxylation is 2. The highest BCUT2D eigenvalue weighted by molar-refractivity contribution is 8.00. The third-order valence-electron chi connectivity index (χ3n) is 17.5. The topological polar surface area (TPSA) is 188 Å². The van der Waals surface area contributed by atoms with E-state index >= 15 is 9.59 Å². The lowest BCUT2D eigenvalue weighted by Gasteiger charge is -2.43. The highest BCUT2D eigenvalue weighted by atomic mass is 32.2. The van der Waals surface area contributed by atoms with Crippen LogP contribution < -0.4 is 31.9 Å². The molecule has 7 aliphatic rings. The van der Waals surface area contributed by atoms with Gasteiger partial charge in [0.25, 0.3) is 0 Å². The van der Waals surface area contributed by atoms with Crippen LogP contribution in [-0.4, -0.2) is 164 Å². The van der Waals surface area contributed by atoms with E-state index in [1.165, 1.54) is 0 Å². The van der Waals surface area contributed by atoms with Gasteiger partial charge in [0.2, 0.25) is 35.4 Å². The number of thiocarbonyl (C=S) groups is 2. The van der Waals surface area contributed by atoms with Crippen LogP contribution in [0.5, 0.6) is 0 Å². The molecule has 0 bridgehead atoms. The number of amides is 6. The minimum absolute atomic E-state index is 0.0699. The molecule has 76 heavy (non-hydrogen) atoms. The van der Waals surface area contributed by atoms with E-state index in [9.17, 15) is 19.2 Å². The lowest BCUT2D eigenvalue weighted by atomic mass is 9.77. The van der Waals surface area contributed by atoms with E-state index in [2.05, 4.69) is 71.7 Å². The molecule has 1 unspecified atom stereocenters. The Kier molecular flexibility index (Phi) is 17.2. The highest BCUT2D eigenvalue weighted by Gasteiger charge is 2.57. The van der Waals surface area contributed by atoms with E-state index in [0.29, 0.717) is 87.5 Å². The van der Waals surface area contributed by atoms with Gasteiger partial charge in [0.1, 0.15) is 24.2 Å². The fraction of sp³-hybridized carbons (Fsp3) is 0.643. The standard InChI is InChI=1S/C56H78N10O6S4/c1-31(57-7)49(73)59-39-21-27-75-41-29-55(3,4)45(65(41)53(39)71)47(67)61-43-35-15-11-9-13-33(35)17-19-37(43)51(69)63-23-25-64(26-24-63)52(70)38-20-18-34-14-10-12-16-36(34)44(38)62-48(68)46-56(5,6)30-42-66(46)54(72)40(22-28-76-42)60-50(74)32(2)58-8/h9-16,31-32,37-46,57-58H,17-30H2,1-8H3,(H,59,73)(H,60,74)(H,61,67)(H,62,68)/t31-,32-,37+,38+,39-,40-,41-,42-,43+,44+,45+,46?/m0/s1. The Balaban J connectivity index is 0.897. The van der Waals surface area contributed by atoms with Gasteiger partial charge in [0, 0.05) is 26.2 Å². The average Bonchev–Trinajstić information content (AvgIpc) is 3.73. The monoisotopic (exact) mass is 1110 g/mol. The molecule has 412 valence electrons. The zero-order valence-corrected chi connectivity index (χ0v) is 48.6. The summed E-state index contributed by atoms with van der Waals surface area (Å²) in [4.78, 5) is 97.3. The maximum Gasteiger partial charge on any atom is 0.246 e. The van der Waals surface area contributed by atoms with E-state index in [1.807, 2.05) is 74.1 Å². The number of carbonyl (C=O) groups excluding carboxylic acids is 6. The molecule has 5 aliphatic heterocycles. The van der Waals surface area contributed by atoms with Crippen LogP contribution in [0.2, 0.25) is 0 Å². The van der Waals surface area contributed by atoms with Crippen LogP contribution >= 0.6 is 48.0 Å². The minimum Gasteiger partial charge on any atom is -0.367 e. The number of likely N-dealkylation sites (N-methyl/N-ethyl adjacent to an activating group) is 2. The van der Waals surface area contributed by atoms with Gasteiger partial charge in [-0.15, -0.1) is 23.5 Å². The van der Waals surface area contributed by atoms with Crippen molar-refractivity contribution in [2.45, 2.75) is 152 Å². The summed E-state index contributed by atoms with van der Waals surface area (Å²) in [6.07, 6.45) is 4.91. The Morgan fingerprint density at radius 2 is 0.947 bits per heavy atom. The van der Waals surface area contributed by atoms with Gasteiger partial charge in [-0.1, -0.05) is 101 Å². The Morgan fingerprint density at radius 3 is 1.32 bits per heavy atom. The first-order valence-electron chi connectivity index (χ1n) is 27.4. The number of fused-ring (bicyclic) bond motifs is 4. The van der Waals surface area contributed by atoms with Gasteiger partial charge >= 0.3 is 0 Å². The van der Waals surface area contributed by atoms with E-state index in [0.717, 1.165) is 33.8 Å². The number of nitrogens with zero attached hydrogens (tertiary/aromatic N) is 4. The molecular formula is C56H78N10O6S4. The molecule has 0 radical (unpaired) electrons. The second-order valence-corrected chi connectivity index (χ2v) is 26.8. The van der Waals surface area contributed by atoms with E-state index < -0.39 is 58.9 Å². The lowest BCUT2D eigenvalue weighted by Crippen LogP contribution is -2.59. The van der Waals surface area contributed by atoms with Gasteiger partial charge in [0.15, 0.2) is 0 Å². The van der Waals surface area contributed by atoms with Gasteiger partial charge in [-0.2, -0.15) is 0 Å². The lowest BCUT2D eigenvalue weighted by molar-refractivity contribution is -0.147. The predicted molar refractivity (Wildman–Crippen MR) is 307 cm³/mol. The van der Waals surface area contributed by atoms with Crippen molar-refractivity contribution in [3.05, 3.63) is 70.8 Å². The quantitative estimate of drug-likeness (QED) is 0.164. The maximum absolute atomic E-state index is 15.0. The molecule has 6 N–H and O–H groups in total. The van der Waals surface area contributed by atoms with Gasteiger partial charge in [-0.25, -0.2) is 0 Å². The van der Waals surface area contributed by atoms with Gasteiger partial charge in [-0.05, 0) is 124 Å². The normalized spacial score (nSPS) is 30.5. The molecule has 6 amide bonds. The average molecular weight is 1120 g/mol. The van der Waals surface area contributed by atoms with Crippen LogP contribution in [0, 0.1) is 22.7 Å². The largest absolute Gasteiger partial charge is 0.367 e. The third-order valence-corrected chi connectivity index (χ3v) is 21.0. The smallest absolute Gasteiger partial charge is 0.246 e. The van der Waals surface area contributed by atoms with Crippen molar-refractivity contribution in [2.75, 3.05) is 51.8 Å². The summed E-state index contributed by atoms with van der Waals surface area (Å²) in [7, 11) is 3.65. The summed E-state index contributed by atoms with van der Waals surface area (Å²) < 4.78 is 0. The molecule has 16 nitrogen and oxygen atoms in total. The second kappa shape index (κ2) is 23.2. The number of carbonyl (C=O) groups is 6. The molecule has 9 rings (SSSR count). The molecule has 0 saturated carbocycles. The fourth-order valence-electron chi connectivity index (χ4n) is 13.0. The number of hydrogen-bond donors (Lipinski definition) is 6. The molecule has 5 fully saturated rings. The van der Waals surface area contributed by atoms with Crippen LogP contribution in [0.15, 0.2) is 48.5 Å². The SMILES string of the molecule is CN[C@@H](C)C(=S)N[C@H]1CCS[C@H]2CC(C)(C)C(C(=O)N[C@@H]3c4ccccc4CC[C@H]3C(=O)N3CCN(C(=O)[C@@H]4CCc5ccccc5[C@H]4NC(=O)[C@H]4N5C(=O)[C@@H](NC(=S)[C@H](C)NC)CCS[C@H]5CC4(C)C)CC3)N2C1=O. The molecule has 0 spiro atoms. The zero-order chi connectivity index (χ0) is 54.4. The molecule has 12 atom stereocenters. The summed E-state index contributed by atoms with van der Waals surface area (Å²) in [6.45, 7) is 13.4. The van der Waals surface area contributed by atoms with Crippen LogP contribution in [0.4, 0.5) is 0 Å². The molecule has 5 saturated heterocycles. The molecule has 20 heteroatoms. The molecule has 0 aromatic heterocycles. The van der Waals surface area contributed by atoms with Crippen molar-refractivity contribution < 1.29 is 28.8 Å². The minimum atomic E-state index is -0.765. The van der Waals surface area contributed by atoms with E-state index in [1.54, 1.807) is 33.3 Å². The summed E-state index contributed by atoms with van der Waals surface area (Å²) in [5.74, 6) is -0.583. The first-order valence-corrected chi connectivity index (χ1v) is 30.3. The Bertz CT molecular complexity index is 2420. The maximum atomic E-state index is 15.0. The summed E-state index contributed by atoms with van der Waals surface area (Å²) in [5.41, 5.74) is 2.89. The number of nitrogens with one attached hydrogen (secondary N) is 6. The zero-order valence-electron chi connectivity index (χ0n) is 45.3. The first kappa shape index (κ1) is 56.4. The molecular weight excluding hydrogens is 1040 g/mol. The second-order valence-electron chi connectivity index (χ2n) is 23.4. The van der Waals surface area contributed by atoms with Crippen molar-refractivity contribution in [1.29, 1.82) is 0 Å². The number of piperazine rings is 1. The van der Waals surface area contributed by atoms with Crippen LogP contribution in [-0.2, 0) is 41.6 Å². The van der Waals surface area contributed by atoms with E-state index in [4.69, 9.17) is 24.4 Å². The summed E-state index contributed by atoms with van der Waals surface area (Å²) >= 11 is 14.7. The number of thioether (sulfide) groups is 2. The van der Waals surface area contributed by atoms with Crippen molar-refractivity contribution >= 4 is 93.4 Å². The van der Waals surface area contributed by atoms with Crippen molar-refractivity contribution in [2.24, 2.45) is 22.7 Å². The number of benzene rings is 2. The van der Waals surface area contributed by atoms with Crippen LogP contribution in [0.25, 0.3) is 0 Å². The highest BCUT2D eigenvalue weighted by Crippen LogP contribution is 2.49. The van der Waals surface area contributed by atoms with Gasteiger partial charge in [-0.3, -0.25) is 28.8 Å². The molecule has 2 aromatic carbocycles.